The minimum atomic E-state index is -0.367. The van der Waals surface area contributed by atoms with E-state index in [9.17, 15) is 14.4 Å². The fraction of sp³-hybridized carbons (Fsp3) is 0.133. The van der Waals surface area contributed by atoms with Gasteiger partial charge in [-0.15, -0.1) is 11.3 Å². The molecule has 8 heteroatoms. The molecule has 0 spiro atoms. The Morgan fingerprint density at radius 3 is 2.52 bits per heavy atom. The lowest BCUT2D eigenvalue weighted by Crippen LogP contribution is -2.32. The van der Waals surface area contributed by atoms with Crippen molar-refractivity contribution in [1.29, 1.82) is 0 Å². The van der Waals surface area contributed by atoms with E-state index in [4.69, 9.17) is 0 Å². The van der Waals surface area contributed by atoms with Crippen molar-refractivity contribution in [3.63, 3.8) is 0 Å². The van der Waals surface area contributed by atoms with Gasteiger partial charge >= 0.3 is 0 Å². The summed E-state index contributed by atoms with van der Waals surface area (Å²) in [6, 6.07) is 10.4. The Morgan fingerprint density at radius 2 is 1.83 bits per heavy atom. The zero-order valence-electron chi connectivity index (χ0n) is 12.2. The molecule has 0 fully saturated rings. The SMILES string of the molecule is CC(=O)Nc1ccc(C(=O)NCC(=O)Nc2ccccc2Br)s1. The number of carbonyl (C=O) groups is 3. The van der Waals surface area contributed by atoms with E-state index in [1.807, 2.05) is 12.1 Å². The number of hydrogen-bond acceptors (Lipinski definition) is 4. The number of anilines is 2. The number of rotatable bonds is 5. The molecule has 2 rings (SSSR count). The standard InChI is InChI=1S/C15H14BrN3O3S/c1-9(20)18-14-7-6-12(23-14)15(22)17-8-13(21)19-11-5-3-2-4-10(11)16/h2-7H,8H2,1H3,(H,17,22)(H,18,20)(H,19,21). The first-order valence-electron chi connectivity index (χ1n) is 6.65. The summed E-state index contributed by atoms with van der Waals surface area (Å²) >= 11 is 4.47. The van der Waals surface area contributed by atoms with E-state index in [-0.39, 0.29) is 24.3 Å². The topological polar surface area (TPSA) is 87.3 Å². The predicted octanol–water partition coefficient (Wildman–Crippen LogP) is 2.84. The van der Waals surface area contributed by atoms with Crippen LogP contribution in [0.2, 0.25) is 0 Å². The largest absolute Gasteiger partial charge is 0.342 e. The van der Waals surface area contributed by atoms with E-state index in [1.54, 1.807) is 24.3 Å². The smallest absolute Gasteiger partial charge is 0.261 e. The van der Waals surface area contributed by atoms with Gasteiger partial charge in [-0.3, -0.25) is 14.4 Å². The van der Waals surface area contributed by atoms with Crippen LogP contribution in [0.5, 0.6) is 0 Å². The molecule has 0 atom stereocenters. The summed E-state index contributed by atoms with van der Waals surface area (Å²) in [4.78, 5) is 35.2. The fourth-order valence-electron chi connectivity index (χ4n) is 1.71. The Labute approximate surface area is 145 Å². The van der Waals surface area contributed by atoms with Crippen molar-refractivity contribution in [2.75, 3.05) is 17.2 Å². The van der Waals surface area contributed by atoms with E-state index >= 15 is 0 Å². The van der Waals surface area contributed by atoms with Gasteiger partial charge in [0.05, 0.1) is 22.1 Å². The molecule has 6 nitrogen and oxygen atoms in total. The lowest BCUT2D eigenvalue weighted by atomic mass is 10.3. The Hall–Kier alpha value is -2.19. The first-order valence-corrected chi connectivity index (χ1v) is 8.26. The van der Waals surface area contributed by atoms with Gasteiger partial charge < -0.3 is 16.0 Å². The second-order valence-corrected chi connectivity index (χ2v) is 6.49. The summed E-state index contributed by atoms with van der Waals surface area (Å²) < 4.78 is 0.762. The van der Waals surface area contributed by atoms with Gasteiger partial charge in [-0.1, -0.05) is 12.1 Å². The summed E-state index contributed by atoms with van der Waals surface area (Å²) in [5.41, 5.74) is 0.635. The van der Waals surface area contributed by atoms with E-state index in [0.717, 1.165) is 15.8 Å². The molecular formula is C15H14BrN3O3S. The Morgan fingerprint density at radius 1 is 1.09 bits per heavy atom. The van der Waals surface area contributed by atoms with Crippen LogP contribution in [-0.4, -0.2) is 24.3 Å². The maximum absolute atomic E-state index is 12.0. The lowest BCUT2D eigenvalue weighted by Gasteiger charge is -2.07. The highest BCUT2D eigenvalue weighted by Gasteiger charge is 2.12. The van der Waals surface area contributed by atoms with Crippen LogP contribution in [0.15, 0.2) is 40.9 Å². The van der Waals surface area contributed by atoms with Gasteiger partial charge in [-0.2, -0.15) is 0 Å². The first kappa shape index (κ1) is 17.2. The van der Waals surface area contributed by atoms with Crippen LogP contribution in [0.3, 0.4) is 0 Å². The molecule has 0 aliphatic rings. The van der Waals surface area contributed by atoms with Crippen molar-refractivity contribution in [3.8, 4) is 0 Å². The second kappa shape index (κ2) is 7.89. The number of carbonyl (C=O) groups excluding carboxylic acids is 3. The molecule has 3 N–H and O–H groups in total. The van der Waals surface area contributed by atoms with Crippen molar-refractivity contribution in [2.24, 2.45) is 0 Å². The second-order valence-electron chi connectivity index (χ2n) is 4.56. The molecule has 0 aliphatic carbocycles. The Kier molecular flexibility index (Phi) is 5.89. The minimum absolute atomic E-state index is 0.145. The Bertz CT molecular complexity index is 745. The summed E-state index contributed by atoms with van der Waals surface area (Å²) in [5.74, 6) is -0.899. The van der Waals surface area contributed by atoms with Gasteiger partial charge in [0, 0.05) is 11.4 Å². The molecule has 23 heavy (non-hydrogen) atoms. The molecule has 0 bridgehead atoms. The molecule has 3 amide bonds. The predicted molar refractivity (Wildman–Crippen MR) is 93.7 cm³/mol. The van der Waals surface area contributed by atoms with Crippen LogP contribution >= 0.6 is 27.3 Å². The van der Waals surface area contributed by atoms with Crippen LogP contribution < -0.4 is 16.0 Å². The number of thiophene rings is 1. The highest BCUT2D eigenvalue weighted by molar-refractivity contribution is 9.10. The van der Waals surface area contributed by atoms with Crippen LogP contribution in [0.25, 0.3) is 0 Å². The molecule has 0 radical (unpaired) electrons. The van der Waals surface area contributed by atoms with Gasteiger partial charge in [-0.05, 0) is 40.2 Å². The maximum atomic E-state index is 12.0. The zero-order chi connectivity index (χ0) is 16.8. The van der Waals surface area contributed by atoms with E-state index in [1.165, 1.54) is 6.92 Å². The summed E-state index contributed by atoms with van der Waals surface area (Å²) in [6.07, 6.45) is 0. The maximum Gasteiger partial charge on any atom is 0.261 e. The third-order valence-electron chi connectivity index (χ3n) is 2.69. The third-order valence-corrected chi connectivity index (χ3v) is 4.38. The van der Waals surface area contributed by atoms with E-state index in [0.29, 0.717) is 15.6 Å². The van der Waals surface area contributed by atoms with Gasteiger partial charge in [-0.25, -0.2) is 0 Å². The highest BCUT2D eigenvalue weighted by atomic mass is 79.9. The molecule has 2 aromatic rings. The molecule has 1 heterocycles. The van der Waals surface area contributed by atoms with Gasteiger partial charge in [0.2, 0.25) is 11.8 Å². The number of amides is 3. The number of hydrogen-bond donors (Lipinski definition) is 3. The quantitative estimate of drug-likeness (QED) is 0.727. The highest BCUT2D eigenvalue weighted by Crippen LogP contribution is 2.22. The summed E-state index contributed by atoms with van der Waals surface area (Å²) in [6.45, 7) is 1.25. The normalized spacial score (nSPS) is 10.0. The monoisotopic (exact) mass is 395 g/mol. The molecule has 1 aromatic carbocycles. The number of para-hydroxylation sites is 1. The van der Waals surface area contributed by atoms with E-state index < -0.39 is 0 Å². The average Bonchev–Trinajstić information content (AvgIpc) is 2.95. The van der Waals surface area contributed by atoms with Crippen LogP contribution in [0.4, 0.5) is 10.7 Å². The summed E-state index contributed by atoms with van der Waals surface area (Å²) in [7, 11) is 0. The zero-order valence-corrected chi connectivity index (χ0v) is 14.6. The number of nitrogens with one attached hydrogen (secondary N) is 3. The number of benzene rings is 1. The molecule has 0 saturated heterocycles. The molecule has 1 aromatic heterocycles. The fourth-order valence-corrected chi connectivity index (χ4v) is 2.96. The van der Waals surface area contributed by atoms with Crippen molar-refractivity contribution in [3.05, 3.63) is 45.7 Å². The van der Waals surface area contributed by atoms with E-state index in [2.05, 4.69) is 31.9 Å². The van der Waals surface area contributed by atoms with Crippen LogP contribution in [-0.2, 0) is 9.59 Å². The van der Waals surface area contributed by atoms with Gasteiger partial charge in [0.1, 0.15) is 0 Å². The molecule has 0 aliphatic heterocycles. The van der Waals surface area contributed by atoms with Crippen molar-refractivity contribution >= 4 is 55.7 Å². The van der Waals surface area contributed by atoms with Crippen LogP contribution in [0.1, 0.15) is 16.6 Å². The van der Waals surface area contributed by atoms with Crippen molar-refractivity contribution in [1.82, 2.24) is 5.32 Å². The lowest BCUT2D eigenvalue weighted by molar-refractivity contribution is -0.115. The molecular weight excluding hydrogens is 382 g/mol. The minimum Gasteiger partial charge on any atom is -0.342 e. The molecule has 0 saturated carbocycles. The Balaban J connectivity index is 1.86. The molecule has 0 unspecified atom stereocenters. The van der Waals surface area contributed by atoms with Crippen molar-refractivity contribution < 1.29 is 14.4 Å². The average molecular weight is 396 g/mol. The van der Waals surface area contributed by atoms with Gasteiger partial charge in [0.25, 0.3) is 5.91 Å². The summed E-state index contributed by atoms with van der Waals surface area (Å²) in [5, 5.41) is 8.41. The third kappa shape index (κ3) is 5.19. The molecule has 120 valence electrons. The van der Waals surface area contributed by atoms with Crippen LogP contribution in [0, 0.1) is 0 Å². The van der Waals surface area contributed by atoms with Crippen molar-refractivity contribution in [2.45, 2.75) is 6.92 Å². The first-order chi connectivity index (χ1) is 11.0. The van der Waals surface area contributed by atoms with Gasteiger partial charge in [0.15, 0.2) is 0 Å². The number of halogens is 1.